The average molecular weight is 306 g/mol. The monoisotopic (exact) mass is 306 g/mol. The zero-order valence-corrected chi connectivity index (χ0v) is 12.0. The molecule has 22 heavy (non-hydrogen) atoms. The van der Waals surface area contributed by atoms with Gasteiger partial charge in [-0.1, -0.05) is 0 Å². The number of hydrogen-bond donors (Lipinski definition) is 1. The Morgan fingerprint density at radius 1 is 1.45 bits per heavy atom. The molecule has 3 atom stereocenters. The first-order valence-corrected chi connectivity index (χ1v) is 6.68. The molecule has 0 spiro atoms. The highest BCUT2D eigenvalue weighted by Crippen LogP contribution is 2.35. The lowest BCUT2D eigenvalue weighted by Gasteiger charge is -2.14. The van der Waals surface area contributed by atoms with Gasteiger partial charge in [0.25, 0.3) is 5.56 Å². The van der Waals surface area contributed by atoms with E-state index in [0.717, 1.165) is 0 Å². The highest BCUT2D eigenvalue weighted by atomic mass is 16.5. The zero-order valence-electron chi connectivity index (χ0n) is 12.0. The van der Waals surface area contributed by atoms with Gasteiger partial charge in [0.1, 0.15) is 18.4 Å². The van der Waals surface area contributed by atoms with Gasteiger partial charge < -0.3 is 4.74 Å². The Bertz CT molecular complexity index is 808. The molecule has 1 saturated heterocycles. The molecule has 0 aliphatic carbocycles. The highest BCUT2D eigenvalue weighted by molar-refractivity contribution is 5.81. The molecule has 2 aromatic rings. The third kappa shape index (κ3) is 2.37. The zero-order chi connectivity index (χ0) is 15.9. The quantitative estimate of drug-likeness (QED) is 0.767. The maximum absolute atomic E-state index is 11.9. The van der Waals surface area contributed by atoms with Gasteiger partial charge in [0, 0.05) is 18.2 Å². The van der Waals surface area contributed by atoms with Crippen molar-refractivity contribution in [3.8, 4) is 0 Å². The van der Waals surface area contributed by atoms with Crippen LogP contribution in [0.15, 0.2) is 22.1 Å². The Morgan fingerprint density at radius 3 is 2.86 bits per heavy atom. The van der Waals surface area contributed by atoms with E-state index in [2.05, 4.69) is 20.4 Å². The minimum Gasteiger partial charge on any atom is -0.344 e. The lowest BCUT2D eigenvalue weighted by Crippen LogP contribution is -2.33. The topological polar surface area (TPSA) is 125 Å². The molecule has 1 aliphatic heterocycles. The molecular formula is C12H14N6O4. The van der Waals surface area contributed by atoms with E-state index in [-0.39, 0.29) is 5.78 Å². The van der Waals surface area contributed by atoms with Crippen molar-refractivity contribution >= 4 is 5.78 Å². The van der Waals surface area contributed by atoms with Gasteiger partial charge in [-0.15, -0.1) is 10.2 Å². The summed E-state index contributed by atoms with van der Waals surface area (Å²) in [5.74, 6) is -0.195. The van der Waals surface area contributed by atoms with Crippen molar-refractivity contribution < 1.29 is 9.53 Å². The predicted molar refractivity (Wildman–Crippen MR) is 72.1 cm³/mol. The maximum Gasteiger partial charge on any atom is 0.330 e. The molecule has 0 radical (unpaired) electrons. The van der Waals surface area contributed by atoms with E-state index < -0.39 is 29.6 Å². The van der Waals surface area contributed by atoms with Crippen LogP contribution in [0.3, 0.4) is 0 Å². The van der Waals surface area contributed by atoms with Gasteiger partial charge >= 0.3 is 5.69 Å². The number of H-pyrrole nitrogens is 1. The molecule has 1 N–H and O–H groups in total. The fourth-order valence-electron chi connectivity index (χ4n) is 2.53. The first kappa shape index (κ1) is 14.3. The standard InChI is InChI=1S/C12H14N6O4/c1-6-4-17(12(21)15-11(6)20)9-3-8(10(22-9)7(2)19)18-14-5-13-16-18/h4-5,8-10H,3H2,1-2H3,(H,15,20,21). The lowest BCUT2D eigenvalue weighted by atomic mass is 10.1. The first-order valence-electron chi connectivity index (χ1n) is 6.68. The van der Waals surface area contributed by atoms with Crippen LogP contribution in [0.1, 0.15) is 31.2 Å². The number of ketones is 1. The van der Waals surface area contributed by atoms with Gasteiger partial charge in [-0.2, -0.15) is 4.80 Å². The molecule has 116 valence electrons. The molecule has 0 amide bonds. The summed E-state index contributed by atoms with van der Waals surface area (Å²) in [7, 11) is 0. The van der Waals surface area contributed by atoms with Crippen LogP contribution < -0.4 is 11.2 Å². The second kappa shape index (κ2) is 5.30. The van der Waals surface area contributed by atoms with E-state index in [4.69, 9.17) is 4.74 Å². The third-order valence-electron chi connectivity index (χ3n) is 3.61. The van der Waals surface area contributed by atoms with Crippen LogP contribution in [0.4, 0.5) is 0 Å². The van der Waals surface area contributed by atoms with Crippen molar-refractivity contribution in [2.24, 2.45) is 0 Å². The Hall–Kier alpha value is -2.62. The second-order valence-electron chi connectivity index (χ2n) is 5.16. The van der Waals surface area contributed by atoms with Gasteiger partial charge in [-0.25, -0.2) is 4.79 Å². The minimum absolute atomic E-state index is 0.195. The summed E-state index contributed by atoms with van der Waals surface area (Å²) < 4.78 is 6.95. The average Bonchev–Trinajstić information content (AvgIpc) is 3.11. The van der Waals surface area contributed by atoms with Gasteiger partial charge in [0.05, 0.1) is 0 Å². The van der Waals surface area contributed by atoms with E-state index in [0.29, 0.717) is 12.0 Å². The number of aryl methyl sites for hydroxylation is 1. The molecule has 2 aromatic heterocycles. The molecule has 3 rings (SSSR count). The van der Waals surface area contributed by atoms with E-state index >= 15 is 0 Å². The van der Waals surface area contributed by atoms with E-state index in [1.54, 1.807) is 6.92 Å². The van der Waals surface area contributed by atoms with Crippen LogP contribution in [0.25, 0.3) is 0 Å². The molecule has 1 aliphatic rings. The van der Waals surface area contributed by atoms with Gasteiger partial charge in [-0.3, -0.25) is 19.1 Å². The third-order valence-corrected chi connectivity index (χ3v) is 3.61. The minimum atomic E-state index is -0.779. The number of nitrogens with zero attached hydrogens (tertiary/aromatic N) is 5. The fraction of sp³-hybridized carbons (Fsp3) is 0.500. The Labute approximate surface area is 123 Å². The number of carbonyl (C=O) groups is 1. The second-order valence-corrected chi connectivity index (χ2v) is 5.16. The van der Waals surface area contributed by atoms with Crippen LogP contribution in [-0.2, 0) is 9.53 Å². The van der Waals surface area contributed by atoms with E-state index in [1.807, 2.05) is 0 Å². The Balaban J connectivity index is 1.98. The van der Waals surface area contributed by atoms with Gasteiger partial charge in [0.2, 0.25) is 0 Å². The van der Waals surface area contributed by atoms with Crippen molar-refractivity contribution in [1.29, 1.82) is 0 Å². The summed E-state index contributed by atoms with van der Waals surface area (Å²) in [4.78, 5) is 38.7. The van der Waals surface area contributed by atoms with E-state index in [1.165, 1.54) is 28.8 Å². The SMILES string of the molecule is CC(=O)C1OC(n2cc(C)c(=O)[nH]c2=O)CC1n1ncnn1. The predicted octanol–water partition coefficient (Wildman–Crippen LogP) is -1.05. The van der Waals surface area contributed by atoms with Gasteiger partial charge in [0.15, 0.2) is 12.1 Å². The van der Waals surface area contributed by atoms with Crippen LogP contribution >= 0.6 is 0 Å². The number of carbonyl (C=O) groups excluding carboxylic acids is 1. The molecule has 0 saturated carbocycles. The van der Waals surface area contributed by atoms with Crippen molar-refractivity contribution in [2.75, 3.05) is 0 Å². The van der Waals surface area contributed by atoms with Crippen LogP contribution in [0, 0.1) is 6.92 Å². The van der Waals surface area contributed by atoms with Crippen molar-refractivity contribution in [1.82, 2.24) is 29.8 Å². The van der Waals surface area contributed by atoms with E-state index in [9.17, 15) is 14.4 Å². The summed E-state index contributed by atoms with van der Waals surface area (Å²) >= 11 is 0. The number of nitrogens with one attached hydrogen (secondary N) is 1. The number of rotatable bonds is 3. The highest BCUT2D eigenvalue weighted by Gasteiger charge is 2.41. The summed E-state index contributed by atoms with van der Waals surface area (Å²) in [6.07, 6.45) is 1.53. The fourth-order valence-corrected chi connectivity index (χ4v) is 2.53. The normalized spacial score (nSPS) is 24.5. The van der Waals surface area contributed by atoms with Crippen LogP contribution in [-0.4, -0.2) is 41.6 Å². The molecule has 1 fully saturated rings. The molecular weight excluding hydrogens is 292 g/mol. The smallest absolute Gasteiger partial charge is 0.330 e. The maximum atomic E-state index is 11.9. The number of ether oxygens (including phenoxy) is 1. The van der Waals surface area contributed by atoms with Crippen molar-refractivity contribution in [2.45, 2.75) is 38.6 Å². The number of aromatic amines is 1. The van der Waals surface area contributed by atoms with Gasteiger partial charge in [-0.05, 0) is 19.1 Å². The summed E-state index contributed by atoms with van der Waals surface area (Å²) in [5.41, 5.74) is -0.656. The van der Waals surface area contributed by atoms with Crippen LogP contribution in [0.5, 0.6) is 0 Å². The number of hydrogen-bond acceptors (Lipinski definition) is 7. The first-order chi connectivity index (χ1) is 10.5. The summed E-state index contributed by atoms with van der Waals surface area (Å²) in [6, 6.07) is -0.455. The number of Topliss-reactive ketones (excluding diaryl/α,β-unsaturated/α-hetero) is 1. The Kier molecular flexibility index (Phi) is 3.45. The van der Waals surface area contributed by atoms with Crippen molar-refractivity contribution in [3.63, 3.8) is 0 Å². The van der Waals surface area contributed by atoms with Crippen LogP contribution in [0.2, 0.25) is 0 Å². The number of tetrazole rings is 1. The largest absolute Gasteiger partial charge is 0.344 e. The molecule has 10 heteroatoms. The van der Waals surface area contributed by atoms with Crippen molar-refractivity contribution in [3.05, 3.63) is 38.9 Å². The lowest BCUT2D eigenvalue weighted by molar-refractivity contribution is -0.131. The molecule has 10 nitrogen and oxygen atoms in total. The Morgan fingerprint density at radius 2 is 2.23 bits per heavy atom. The molecule has 0 aromatic carbocycles. The summed E-state index contributed by atoms with van der Waals surface area (Å²) in [5, 5.41) is 11.3. The number of aromatic nitrogens is 6. The summed E-state index contributed by atoms with van der Waals surface area (Å²) in [6.45, 7) is 2.99. The molecule has 0 bridgehead atoms. The molecule has 3 heterocycles. The molecule has 3 unspecified atom stereocenters.